The molecule has 146 valence electrons. The van der Waals surface area contributed by atoms with Gasteiger partial charge < -0.3 is 15.2 Å². The fourth-order valence-electron chi connectivity index (χ4n) is 2.44. The number of halogens is 1. The van der Waals surface area contributed by atoms with Gasteiger partial charge in [-0.05, 0) is 49.2 Å². The van der Waals surface area contributed by atoms with Crippen LogP contribution in [0, 0.1) is 6.92 Å². The molecule has 0 aliphatic rings. The van der Waals surface area contributed by atoms with Crippen LogP contribution in [-0.2, 0) is 9.84 Å². The van der Waals surface area contributed by atoms with Gasteiger partial charge in [0.05, 0.1) is 11.3 Å². The van der Waals surface area contributed by atoms with Crippen molar-refractivity contribution >= 4 is 33.1 Å². The van der Waals surface area contributed by atoms with Crippen LogP contribution in [0.25, 0.3) is 0 Å². The quantitative estimate of drug-likeness (QED) is 0.608. The van der Waals surface area contributed by atoms with Gasteiger partial charge >= 0.3 is 5.97 Å². The number of sulfone groups is 1. The number of carbonyl (C=O) groups is 1. The molecule has 0 aromatic heterocycles. The summed E-state index contributed by atoms with van der Waals surface area (Å²) in [5.41, 5.74) is 0.961. The summed E-state index contributed by atoms with van der Waals surface area (Å²) in [5.74, 6) is -0.740. The summed E-state index contributed by atoms with van der Waals surface area (Å²) in [6.07, 6.45) is 2.78. The second-order valence-corrected chi connectivity index (χ2v) is 8.61. The second kappa shape index (κ2) is 8.63. The molecule has 2 rings (SSSR count). The zero-order valence-electron chi connectivity index (χ0n) is 15.4. The number of benzene rings is 2. The van der Waals surface area contributed by atoms with E-state index in [1.54, 1.807) is 25.1 Å². The van der Waals surface area contributed by atoms with Crippen LogP contribution in [0.4, 0.5) is 5.69 Å². The molecule has 2 aromatic carbocycles. The van der Waals surface area contributed by atoms with Gasteiger partial charge in [0.25, 0.3) is 0 Å². The molecule has 27 heavy (non-hydrogen) atoms. The maximum atomic E-state index is 12.3. The molecule has 0 saturated heterocycles. The first-order valence-electron chi connectivity index (χ1n) is 8.42. The van der Waals surface area contributed by atoms with Gasteiger partial charge in [0, 0.05) is 17.8 Å². The van der Waals surface area contributed by atoms with Crippen LogP contribution in [0.1, 0.15) is 35.7 Å². The minimum absolute atomic E-state index is 0.0697. The monoisotopic (exact) mass is 411 g/mol. The van der Waals surface area contributed by atoms with E-state index in [0.717, 1.165) is 30.7 Å². The van der Waals surface area contributed by atoms with Crippen LogP contribution >= 0.6 is 11.6 Å². The Hall–Kier alpha value is -2.25. The third kappa shape index (κ3) is 5.37. The van der Waals surface area contributed by atoms with E-state index in [0.29, 0.717) is 23.0 Å². The first-order valence-corrected chi connectivity index (χ1v) is 10.7. The van der Waals surface area contributed by atoms with Crippen molar-refractivity contribution in [2.24, 2.45) is 0 Å². The van der Waals surface area contributed by atoms with Gasteiger partial charge in [-0.2, -0.15) is 0 Å². The normalized spacial score (nSPS) is 11.3. The van der Waals surface area contributed by atoms with Crippen LogP contribution < -0.4 is 10.1 Å². The topological polar surface area (TPSA) is 92.7 Å². The van der Waals surface area contributed by atoms with Gasteiger partial charge in [0.15, 0.2) is 15.6 Å². The van der Waals surface area contributed by atoms with E-state index < -0.39 is 15.8 Å². The molecule has 8 heteroatoms. The average molecular weight is 412 g/mol. The van der Waals surface area contributed by atoms with Crippen LogP contribution in [0.3, 0.4) is 0 Å². The Morgan fingerprint density at radius 2 is 1.96 bits per heavy atom. The number of aromatic carboxylic acids is 1. The standard InChI is InChI=1S/C19H22ClNO5S/c1-4-5-8-21-16-10-13(19(22)23)11-17(27(3,24)25)18(16)26-14-6-7-15(20)12(2)9-14/h6-7,9-11,21H,4-5,8H2,1-3H3,(H,22,23). The maximum Gasteiger partial charge on any atom is 0.335 e. The molecular formula is C19H22ClNO5S. The predicted molar refractivity (Wildman–Crippen MR) is 106 cm³/mol. The van der Waals surface area contributed by atoms with Crippen molar-refractivity contribution in [2.75, 3.05) is 18.1 Å². The van der Waals surface area contributed by atoms with Crippen molar-refractivity contribution in [1.82, 2.24) is 0 Å². The molecule has 0 spiro atoms. The lowest BCUT2D eigenvalue weighted by Gasteiger charge is -2.17. The fourth-order valence-corrected chi connectivity index (χ4v) is 3.38. The second-order valence-electron chi connectivity index (χ2n) is 6.22. The lowest BCUT2D eigenvalue weighted by Crippen LogP contribution is -2.10. The highest BCUT2D eigenvalue weighted by Crippen LogP contribution is 2.38. The van der Waals surface area contributed by atoms with E-state index in [-0.39, 0.29) is 16.2 Å². The minimum atomic E-state index is -3.74. The number of rotatable bonds is 8. The van der Waals surface area contributed by atoms with Crippen LogP contribution in [-0.4, -0.2) is 32.3 Å². The van der Waals surface area contributed by atoms with Crippen LogP contribution in [0.2, 0.25) is 5.02 Å². The van der Waals surface area contributed by atoms with Gasteiger partial charge in [-0.25, -0.2) is 13.2 Å². The molecule has 0 atom stereocenters. The van der Waals surface area contributed by atoms with E-state index in [1.165, 1.54) is 6.07 Å². The van der Waals surface area contributed by atoms with Crippen LogP contribution in [0.15, 0.2) is 35.2 Å². The molecule has 0 aliphatic carbocycles. The Balaban J connectivity index is 2.62. The highest BCUT2D eigenvalue weighted by atomic mass is 35.5. The molecule has 0 heterocycles. The number of hydrogen-bond acceptors (Lipinski definition) is 5. The summed E-state index contributed by atoms with van der Waals surface area (Å²) in [4.78, 5) is 11.2. The highest BCUT2D eigenvalue weighted by molar-refractivity contribution is 7.90. The van der Waals surface area contributed by atoms with Gasteiger partial charge in [-0.1, -0.05) is 24.9 Å². The number of ether oxygens (including phenoxy) is 1. The summed E-state index contributed by atoms with van der Waals surface area (Å²) in [6.45, 7) is 4.38. The van der Waals surface area contributed by atoms with Crippen molar-refractivity contribution in [3.05, 3.63) is 46.5 Å². The smallest absolute Gasteiger partial charge is 0.335 e. The number of hydrogen-bond donors (Lipinski definition) is 2. The molecule has 0 aliphatic heterocycles. The minimum Gasteiger partial charge on any atom is -0.478 e. The average Bonchev–Trinajstić information content (AvgIpc) is 2.58. The largest absolute Gasteiger partial charge is 0.478 e. The highest BCUT2D eigenvalue weighted by Gasteiger charge is 2.23. The van der Waals surface area contributed by atoms with E-state index >= 15 is 0 Å². The predicted octanol–water partition coefficient (Wildman–Crippen LogP) is 4.75. The zero-order valence-corrected chi connectivity index (χ0v) is 16.9. The lowest BCUT2D eigenvalue weighted by molar-refractivity contribution is 0.0696. The Morgan fingerprint density at radius 3 is 2.52 bits per heavy atom. The molecular weight excluding hydrogens is 390 g/mol. The summed E-state index contributed by atoms with van der Waals surface area (Å²) >= 11 is 6.03. The molecule has 0 saturated carbocycles. The zero-order chi connectivity index (χ0) is 20.2. The molecule has 0 bridgehead atoms. The summed E-state index contributed by atoms with van der Waals surface area (Å²) in [6, 6.07) is 7.46. The van der Waals surface area contributed by atoms with Gasteiger partial charge in [0.1, 0.15) is 10.6 Å². The number of carboxylic acid groups (broad SMARTS) is 1. The first-order chi connectivity index (χ1) is 12.6. The molecule has 0 unspecified atom stereocenters. The van der Waals surface area contributed by atoms with Crippen LogP contribution in [0.5, 0.6) is 11.5 Å². The van der Waals surface area contributed by atoms with E-state index in [2.05, 4.69) is 5.32 Å². The fraction of sp³-hybridized carbons (Fsp3) is 0.316. The number of nitrogens with one attached hydrogen (secondary N) is 1. The van der Waals surface area contributed by atoms with Crippen molar-refractivity contribution in [1.29, 1.82) is 0 Å². The summed E-state index contributed by atoms with van der Waals surface area (Å²) < 4.78 is 30.5. The lowest BCUT2D eigenvalue weighted by atomic mass is 10.1. The third-order valence-corrected chi connectivity index (χ3v) is 5.42. The SMILES string of the molecule is CCCCNc1cc(C(=O)O)cc(S(C)(=O)=O)c1Oc1ccc(Cl)c(C)c1. The van der Waals surface area contributed by atoms with E-state index in [9.17, 15) is 18.3 Å². The van der Waals surface area contributed by atoms with E-state index in [1.807, 2.05) is 6.92 Å². The molecule has 2 N–H and O–H groups in total. The van der Waals surface area contributed by atoms with Crippen molar-refractivity contribution < 1.29 is 23.1 Å². The number of aryl methyl sites for hydroxylation is 1. The summed E-state index contributed by atoms with van der Waals surface area (Å²) in [7, 11) is -3.74. The van der Waals surface area contributed by atoms with Crippen molar-refractivity contribution in [3.8, 4) is 11.5 Å². The Labute approximate surface area is 164 Å². The van der Waals surface area contributed by atoms with Gasteiger partial charge in [-0.3, -0.25) is 0 Å². The maximum absolute atomic E-state index is 12.3. The Bertz CT molecular complexity index is 957. The first kappa shape index (κ1) is 21.1. The molecule has 0 fully saturated rings. The van der Waals surface area contributed by atoms with Crippen molar-refractivity contribution in [3.63, 3.8) is 0 Å². The molecule has 0 amide bonds. The van der Waals surface area contributed by atoms with Gasteiger partial charge in [0.2, 0.25) is 0 Å². The number of anilines is 1. The molecule has 2 aromatic rings. The number of carboxylic acids is 1. The third-order valence-electron chi connectivity index (χ3n) is 3.90. The van der Waals surface area contributed by atoms with Gasteiger partial charge in [-0.15, -0.1) is 0 Å². The Morgan fingerprint density at radius 1 is 1.26 bits per heavy atom. The molecule has 0 radical (unpaired) electrons. The van der Waals surface area contributed by atoms with Crippen molar-refractivity contribution in [2.45, 2.75) is 31.6 Å². The Kier molecular flexibility index (Phi) is 6.73. The number of unbranched alkanes of at least 4 members (excludes halogenated alkanes) is 1. The summed E-state index contributed by atoms with van der Waals surface area (Å²) in [5, 5.41) is 13.0. The van der Waals surface area contributed by atoms with E-state index in [4.69, 9.17) is 16.3 Å². The molecule has 6 nitrogen and oxygen atoms in total.